The van der Waals surface area contributed by atoms with E-state index in [1.165, 1.54) is 31.2 Å². The maximum absolute atomic E-state index is 12.5. The molecule has 0 atom stereocenters. The van der Waals surface area contributed by atoms with E-state index in [4.69, 9.17) is 0 Å². The summed E-state index contributed by atoms with van der Waals surface area (Å²) < 4.78 is 55.0. The third-order valence-electron chi connectivity index (χ3n) is 5.10. The molecule has 8 nitrogen and oxygen atoms in total. The van der Waals surface area contributed by atoms with E-state index >= 15 is 0 Å². The SMILES string of the molecule is CC(=O)Nc1ccc(S(=O)(=O)NCCc2ccc(S(=O)(=O)NC3CCCC3)cc2)cc1. The maximum Gasteiger partial charge on any atom is 0.240 e. The molecule has 10 heteroatoms. The lowest BCUT2D eigenvalue weighted by Crippen LogP contribution is -2.32. The molecule has 1 amide bonds. The van der Waals surface area contributed by atoms with Crippen LogP contribution in [0.3, 0.4) is 0 Å². The van der Waals surface area contributed by atoms with Crippen molar-refractivity contribution in [2.45, 2.75) is 54.9 Å². The van der Waals surface area contributed by atoms with E-state index in [0.717, 1.165) is 31.2 Å². The minimum Gasteiger partial charge on any atom is -0.326 e. The molecular formula is C21H27N3O5S2. The smallest absolute Gasteiger partial charge is 0.240 e. The van der Waals surface area contributed by atoms with Gasteiger partial charge in [-0.15, -0.1) is 0 Å². The molecule has 168 valence electrons. The van der Waals surface area contributed by atoms with Gasteiger partial charge in [-0.25, -0.2) is 26.3 Å². The van der Waals surface area contributed by atoms with Crippen molar-refractivity contribution in [3.05, 3.63) is 54.1 Å². The van der Waals surface area contributed by atoms with E-state index in [2.05, 4.69) is 14.8 Å². The molecule has 31 heavy (non-hydrogen) atoms. The minimum absolute atomic E-state index is 0.00592. The van der Waals surface area contributed by atoms with Crippen molar-refractivity contribution in [2.24, 2.45) is 0 Å². The summed E-state index contributed by atoms with van der Waals surface area (Å²) in [4.78, 5) is 11.4. The summed E-state index contributed by atoms with van der Waals surface area (Å²) in [6.07, 6.45) is 4.24. The first kappa shape index (κ1) is 23.4. The van der Waals surface area contributed by atoms with Gasteiger partial charge in [-0.3, -0.25) is 4.79 Å². The monoisotopic (exact) mass is 465 g/mol. The molecule has 0 radical (unpaired) electrons. The summed E-state index contributed by atoms with van der Waals surface area (Å²) in [5.74, 6) is -0.234. The van der Waals surface area contributed by atoms with Crippen molar-refractivity contribution in [3.8, 4) is 0 Å². The highest BCUT2D eigenvalue weighted by Gasteiger charge is 2.22. The molecular weight excluding hydrogens is 438 g/mol. The molecule has 1 saturated carbocycles. The fourth-order valence-corrected chi connectivity index (χ4v) is 5.84. The Bertz CT molecular complexity index is 1110. The number of rotatable bonds is 9. The van der Waals surface area contributed by atoms with Crippen LogP contribution in [-0.4, -0.2) is 35.3 Å². The molecule has 1 fully saturated rings. The summed E-state index contributed by atoms with van der Waals surface area (Å²) in [6.45, 7) is 1.54. The second kappa shape index (κ2) is 9.90. The standard InChI is InChI=1S/C21H27N3O5S2/c1-16(25)23-18-8-12-20(13-9-18)30(26,27)22-15-14-17-6-10-21(11-7-17)31(28,29)24-19-4-2-3-5-19/h6-13,19,22,24H,2-5,14-15H2,1H3,(H,23,25). The molecule has 0 saturated heterocycles. The van der Waals surface area contributed by atoms with Gasteiger partial charge in [0.25, 0.3) is 0 Å². The van der Waals surface area contributed by atoms with Crippen LogP contribution in [0.1, 0.15) is 38.2 Å². The number of hydrogen-bond acceptors (Lipinski definition) is 5. The van der Waals surface area contributed by atoms with Crippen molar-refractivity contribution in [1.29, 1.82) is 0 Å². The molecule has 0 unspecified atom stereocenters. The normalized spacial score (nSPS) is 15.1. The van der Waals surface area contributed by atoms with Crippen LogP contribution < -0.4 is 14.8 Å². The number of nitrogens with one attached hydrogen (secondary N) is 3. The van der Waals surface area contributed by atoms with Crippen molar-refractivity contribution in [3.63, 3.8) is 0 Å². The first-order valence-corrected chi connectivity index (χ1v) is 13.1. The summed E-state index contributed by atoms with van der Waals surface area (Å²) in [5, 5.41) is 2.58. The topological polar surface area (TPSA) is 121 Å². The van der Waals surface area contributed by atoms with Gasteiger partial charge in [0.15, 0.2) is 0 Å². The molecule has 2 aromatic carbocycles. The maximum atomic E-state index is 12.5. The van der Waals surface area contributed by atoms with Gasteiger partial charge in [0.05, 0.1) is 9.79 Å². The predicted octanol–water partition coefficient (Wildman–Crippen LogP) is 2.39. The second-order valence-corrected chi connectivity index (χ2v) is 11.1. The molecule has 1 aliphatic carbocycles. The molecule has 0 aromatic heterocycles. The zero-order valence-electron chi connectivity index (χ0n) is 17.3. The van der Waals surface area contributed by atoms with Gasteiger partial charge in [0.1, 0.15) is 0 Å². The van der Waals surface area contributed by atoms with E-state index in [9.17, 15) is 21.6 Å². The zero-order chi connectivity index (χ0) is 22.5. The number of benzene rings is 2. The Hall–Kier alpha value is -2.27. The predicted molar refractivity (Wildman–Crippen MR) is 119 cm³/mol. The van der Waals surface area contributed by atoms with E-state index in [0.29, 0.717) is 12.1 Å². The quantitative estimate of drug-likeness (QED) is 0.525. The Labute approximate surface area is 183 Å². The van der Waals surface area contributed by atoms with Gasteiger partial charge in [-0.05, 0) is 61.2 Å². The summed E-state index contributed by atoms with van der Waals surface area (Å²) in [5.41, 5.74) is 1.34. The number of anilines is 1. The average Bonchev–Trinajstić information content (AvgIpc) is 3.20. The Morgan fingerprint density at radius 2 is 1.42 bits per heavy atom. The molecule has 2 aromatic rings. The lowest BCUT2D eigenvalue weighted by atomic mass is 10.2. The van der Waals surface area contributed by atoms with Crippen LogP contribution in [0.15, 0.2) is 58.3 Å². The largest absolute Gasteiger partial charge is 0.326 e. The highest BCUT2D eigenvalue weighted by Crippen LogP contribution is 2.21. The number of sulfonamides is 2. The van der Waals surface area contributed by atoms with Gasteiger partial charge in [0.2, 0.25) is 26.0 Å². The van der Waals surface area contributed by atoms with E-state index in [-0.39, 0.29) is 28.3 Å². The van der Waals surface area contributed by atoms with Crippen LogP contribution in [0.4, 0.5) is 5.69 Å². The molecule has 0 aliphatic heterocycles. The van der Waals surface area contributed by atoms with Crippen molar-refractivity contribution < 1.29 is 21.6 Å². The lowest BCUT2D eigenvalue weighted by molar-refractivity contribution is -0.114. The second-order valence-electron chi connectivity index (χ2n) is 7.60. The van der Waals surface area contributed by atoms with Gasteiger partial charge in [-0.2, -0.15) is 0 Å². The van der Waals surface area contributed by atoms with Crippen LogP contribution in [-0.2, 0) is 31.3 Å². The molecule has 3 N–H and O–H groups in total. The Balaban J connectivity index is 1.54. The summed E-state index contributed by atoms with van der Waals surface area (Å²) in [7, 11) is -7.23. The zero-order valence-corrected chi connectivity index (χ0v) is 18.9. The Morgan fingerprint density at radius 3 is 2.00 bits per heavy atom. The van der Waals surface area contributed by atoms with Gasteiger partial charge in [-0.1, -0.05) is 25.0 Å². The third-order valence-corrected chi connectivity index (χ3v) is 8.11. The number of carbonyl (C=O) groups is 1. The van der Waals surface area contributed by atoms with E-state index in [1.54, 1.807) is 24.3 Å². The van der Waals surface area contributed by atoms with Crippen LogP contribution >= 0.6 is 0 Å². The molecule has 0 bridgehead atoms. The third kappa shape index (κ3) is 6.60. The van der Waals surface area contributed by atoms with Crippen LogP contribution in [0.25, 0.3) is 0 Å². The van der Waals surface area contributed by atoms with Gasteiger partial charge < -0.3 is 5.32 Å². The van der Waals surface area contributed by atoms with E-state index < -0.39 is 20.0 Å². The fourth-order valence-electron chi connectivity index (χ4n) is 3.50. The van der Waals surface area contributed by atoms with Crippen LogP contribution in [0.2, 0.25) is 0 Å². The molecule has 0 spiro atoms. The van der Waals surface area contributed by atoms with Gasteiger partial charge in [0, 0.05) is 25.2 Å². The first-order valence-electron chi connectivity index (χ1n) is 10.1. The first-order chi connectivity index (χ1) is 14.7. The van der Waals surface area contributed by atoms with Crippen LogP contribution in [0.5, 0.6) is 0 Å². The average molecular weight is 466 g/mol. The van der Waals surface area contributed by atoms with Crippen molar-refractivity contribution in [1.82, 2.24) is 9.44 Å². The van der Waals surface area contributed by atoms with Crippen LogP contribution in [0, 0.1) is 0 Å². The molecule has 0 heterocycles. The fraction of sp³-hybridized carbons (Fsp3) is 0.381. The van der Waals surface area contributed by atoms with Crippen molar-refractivity contribution in [2.75, 3.05) is 11.9 Å². The Kier molecular flexibility index (Phi) is 7.47. The summed E-state index contributed by atoms with van der Waals surface area (Å²) in [6, 6.07) is 12.4. The van der Waals surface area contributed by atoms with E-state index in [1.807, 2.05) is 0 Å². The summed E-state index contributed by atoms with van der Waals surface area (Å²) >= 11 is 0. The number of hydrogen-bond donors (Lipinski definition) is 3. The van der Waals surface area contributed by atoms with Gasteiger partial charge >= 0.3 is 0 Å². The molecule has 1 aliphatic rings. The highest BCUT2D eigenvalue weighted by atomic mass is 32.2. The number of amides is 1. The Morgan fingerprint density at radius 1 is 0.871 bits per heavy atom. The molecule has 3 rings (SSSR count). The minimum atomic E-state index is -3.69. The number of carbonyl (C=O) groups excluding carboxylic acids is 1. The lowest BCUT2D eigenvalue weighted by Gasteiger charge is -2.13. The highest BCUT2D eigenvalue weighted by molar-refractivity contribution is 7.89. The van der Waals surface area contributed by atoms with Crippen molar-refractivity contribution >= 4 is 31.6 Å².